The van der Waals surface area contributed by atoms with E-state index in [4.69, 9.17) is 11.6 Å². The third-order valence-corrected chi connectivity index (χ3v) is 7.12. The Morgan fingerprint density at radius 3 is 2.21 bits per heavy atom. The molecule has 0 saturated heterocycles. The van der Waals surface area contributed by atoms with Gasteiger partial charge in [0.05, 0.1) is 22.1 Å². The lowest BCUT2D eigenvalue weighted by atomic mass is 9.82. The van der Waals surface area contributed by atoms with Gasteiger partial charge < -0.3 is 0 Å². The van der Waals surface area contributed by atoms with Gasteiger partial charge in [-0.25, -0.2) is 13.1 Å². The van der Waals surface area contributed by atoms with E-state index in [2.05, 4.69) is 10.8 Å². The van der Waals surface area contributed by atoms with Gasteiger partial charge in [0.2, 0.25) is 10.0 Å². The van der Waals surface area contributed by atoms with Crippen LogP contribution in [0.3, 0.4) is 0 Å². The zero-order chi connectivity index (χ0) is 24.2. The number of halogens is 4. The van der Waals surface area contributed by atoms with E-state index in [0.29, 0.717) is 10.6 Å². The van der Waals surface area contributed by atoms with Crippen LogP contribution >= 0.6 is 11.6 Å². The summed E-state index contributed by atoms with van der Waals surface area (Å²) in [5.41, 5.74) is 1.18. The van der Waals surface area contributed by atoms with Crippen molar-refractivity contribution >= 4 is 21.6 Å². The molecule has 172 valence electrons. The second-order valence-electron chi connectivity index (χ2n) is 7.56. The maximum atomic E-state index is 12.8. The molecule has 0 saturated carbocycles. The standard InChI is InChI=1S/C24H20ClF3N2O2S/c1-16(18-5-9-21(25)10-6-18)23(19-4-2-3-17(13-19)14-29)15-30-33(31,32)22-11-7-20(8-12-22)24(26,27)28/h2-13,16,23,30H,15H2,1H3. The van der Waals surface area contributed by atoms with E-state index in [-0.39, 0.29) is 23.3 Å². The number of hydrogen-bond donors (Lipinski definition) is 1. The second-order valence-corrected chi connectivity index (χ2v) is 9.76. The van der Waals surface area contributed by atoms with Crippen molar-refractivity contribution in [3.63, 3.8) is 0 Å². The van der Waals surface area contributed by atoms with Crippen molar-refractivity contribution in [3.05, 3.63) is 100 Å². The van der Waals surface area contributed by atoms with Crippen LogP contribution in [0.1, 0.15) is 41.0 Å². The minimum Gasteiger partial charge on any atom is -0.211 e. The number of sulfonamides is 1. The Hall–Kier alpha value is -2.86. The van der Waals surface area contributed by atoms with E-state index in [9.17, 15) is 26.9 Å². The molecule has 33 heavy (non-hydrogen) atoms. The number of benzene rings is 3. The normalized spacial score (nSPS) is 13.8. The predicted molar refractivity (Wildman–Crippen MR) is 120 cm³/mol. The lowest BCUT2D eigenvalue weighted by molar-refractivity contribution is -0.137. The first-order chi connectivity index (χ1) is 15.5. The summed E-state index contributed by atoms with van der Waals surface area (Å²) in [6, 6.07) is 19.5. The highest BCUT2D eigenvalue weighted by Crippen LogP contribution is 2.34. The van der Waals surface area contributed by atoms with Crippen molar-refractivity contribution in [2.24, 2.45) is 0 Å². The van der Waals surface area contributed by atoms with Gasteiger partial charge in [-0.3, -0.25) is 0 Å². The topological polar surface area (TPSA) is 70.0 Å². The SMILES string of the molecule is CC(c1ccc(Cl)cc1)C(CNS(=O)(=O)c1ccc(C(F)(F)F)cc1)c1cccc(C#N)c1. The van der Waals surface area contributed by atoms with E-state index in [1.165, 1.54) is 0 Å². The molecule has 3 aromatic carbocycles. The van der Waals surface area contributed by atoms with Crippen molar-refractivity contribution in [1.29, 1.82) is 5.26 Å². The Balaban J connectivity index is 1.89. The number of nitrogens with zero attached hydrogens (tertiary/aromatic N) is 1. The molecular weight excluding hydrogens is 473 g/mol. The molecule has 0 fully saturated rings. The van der Waals surface area contributed by atoms with Gasteiger partial charge in [-0.1, -0.05) is 42.8 Å². The third kappa shape index (κ3) is 6.14. The summed E-state index contributed by atoms with van der Waals surface area (Å²) in [7, 11) is -4.07. The summed E-state index contributed by atoms with van der Waals surface area (Å²) in [6.45, 7) is 1.90. The van der Waals surface area contributed by atoms with Crippen molar-refractivity contribution in [2.75, 3.05) is 6.54 Å². The lowest BCUT2D eigenvalue weighted by Gasteiger charge is -2.26. The van der Waals surface area contributed by atoms with E-state index >= 15 is 0 Å². The fourth-order valence-corrected chi connectivity index (χ4v) is 4.71. The highest BCUT2D eigenvalue weighted by molar-refractivity contribution is 7.89. The molecule has 0 bridgehead atoms. The summed E-state index contributed by atoms with van der Waals surface area (Å²) in [5, 5.41) is 9.83. The Kier molecular flexibility index (Phi) is 7.48. The first kappa shape index (κ1) is 24.8. The Morgan fingerprint density at radius 1 is 1.00 bits per heavy atom. The van der Waals surface area contributed by atoms with Crippen molar-refractivity contribution < 1.29 is 21.6 Å². The molecule has 0 spiro atoms. The summed E-state index contributed by atoms with van der Waals surface area (Å²) >= 11 is 5.98. The first-order valence-electron chi connectivity index (χ1n) is 9.94. The van der Waals surface area contributed by atoms with E-state index < -0.39 is 21.8 Å². The molecule has 2 unspecified atom stereocenters. The molecule has 0 aliphatic rings. The average Bonchev–Trinajstić information content (AvgIpc) is 2.79. The second kappa shape index (κ2) is 9.96. The number of nitrogens with one attached hydrogen (secondary N) is 1. The van der Waals surface area contributed by atoms with Crippen LogP contribution in [0.4, 0.5) is 13.2 Å². The number of alkyl halides is 3. The molecule has 3 rings (SSSR count). The summed E-state index contributed by atoms with van der Waals surface area (Å²) in [4.78, 5) is -0.265. The molecule has 1 N–H and O–H groups in total. The van der Waals surface area contributed by atoms with Crippen LogP contribution in [0.2, 0.25) is 5.02 Å². The van der Waals surface area contributed by atoms with Crippen LogP contribution in [0.15, 0.2) is 77.7 Å². The molecule has 2 atom stereocenters. The molecular formula is C24H20ClF3N2O2S. The molecule has 0 aliphatic carbocycles. The number of hydrogen-bond acceptors (Lipinski definition) is 3. The quantitative estimate of drug-likeness (QED) is 0.433. The van der Waals surface area contributed by atoms with Crippen LogP contribution in [-0.2, 0) is 16.2 Å². The van der Waals surface area contributed by atoms with Gasteiger partial charge in [0, 0.05) is 17.5 Å². The van der Waals surface area contributed by atoms with E-state index in [1.54, 1.807) is 30.3 Å². The molecule has 3 aromatic rings. The average molecular weight is 493 g/mol. The fraction of sp³-hybridized carbons (Fsp3) is 0.208. The molecule has 0 aromatic heterocycles. The van der Waals surface area contributed by atoms with E-state index in [1.807, 2.05) is 25.1 Å². The molecule has 4 nitrogen and oxygen atoms in total. The Labute approximate surface area is 195 Å². The zero-order valence-electron chi connectivity index (χ0n) is 17.5. The number of nitriles is 1. The van der Waals surface area contributed by atoms with Gasteiger partial charge in [0.1, 0.15) is 0 Å². The lowest BCUT2D eigenvalue weighted by Crippen LogP contribution is -2.30. The minimum absolute atomic E-state index is 0.0258. The summed E-state index contributed by atoms with van der Waals surface area (Å²) in [6.07, 6.45) is -4.55. The van der Waals surface area contributed by atoms with E-state index in [0.717, 1.165) is 35.4 Å². The largest absolute Gasteiger partial charge is 0.416 e. The zero-order valence-corrected chi connectivity index (χ0v) is 19.0. The predicted octanol–water partition coefficient (Wildman–Crippen LogP) is 6.10. The maximum Gasteiger partial charge on any atom is 0.416 e. The Bertz CT molecular complexity index is 1250. The third-order valence-electron chi connectivity index (χ3n) is 5.43. The summed E-state index contributed by atoms with van der Waals surface area (Å²) in [5.74, 6) is -0.518. The van der Waals surface area contributed by atoms with Crippen LogP contribution in [-0.4, -0.2) is 15.0 Å². The van der Waals surface area contributed by atoms with Gasteiger partial charge in [0.15, 0.2) is 0 Å². The van der Waals surface area contributed by atoms with Crippen molar-refractivity contribution in [1.82, 2.24) is 4.72 Å². The van der Waals surface area contributed by atoms with Crippen LogP contribution in [0, 0.1) is 11.3 Å². The van der Waals surface area contributed by atoms with Gasteiger partial charge >= 0.3 is 6.18 Å². The molecule has 0 radical (unpaired) electrons. The fourth-order valence-electron chi connectivity index (χ4n) is 3.53. The van der Waals surface area contributed by atoms with Gasteiger partial charge in [0.25, 0.3) is 0 Å². The first-order valence-corrected chi connectivity index (χ1v) is 11.8. The van der Waals surface area contributed by atoms with Gasteiger partial charge in [-0.2, -0.15) is 18.4 Å². The van der Waals surface area contributed by atoms with Crippen LogP contribution in [0.5, 0.6) is 0 Å². The molecule has 0 heterocycles. The molecule has 0 amide bonds. The highest BCUT2D eigenvalue weighted by Gasteiger charge is 2.31. The van der Waals surface area contributed by atoms with Crippen LogP contribution in [0.25, 0.3) is 0 Å². The number of rotatable bonds is 7. The summed E-state index contributed by atoms with van der Waals surface area (Å²) < 4.78 is 66.5. The smallest absolute Gasteiger partial charge is 0.211 e. The molecule has 0 aliphatic heterocycles. The Morgan fingerprint density at radius 2 is 1.64 bits per heavy atom. The minimum atomic E-state index is -4.55. The van der Waals surface area contributed by atoms with Gasteiger partial charge in [-0.15, -0.1) is 0 Å². The highest BCUT2D eigenvalue weighted by atomic mass is 35.5. The maximum absolute atomic E-state index is 12.8. The van der Waals surface area contributed by atoms with Crippen LogP contribution < -0.4 is 4.72 Å². The van der Waals surface area contributed by atoms with Gasteiger partial charge in [-0.05, 0) is 65.6 Å². The molecule has 9 heteroatoms. The van der Waals surface area contributed by atoms with Crippen molar-refractivity contribution in [3.8, 4) is 6.07 Å². The van der Waals surface area contributed by atoms with Crippen molar-refractivity contribution in [2.45, 2.75) is 29.8 Å². The monoisotopic (exact) mass is 492 g/mol.